The molecule has 0 aromatic heterocycles. The van der Waals surface area contributed by atoms with Crippen LogP contribution in [0.15, 0.2) is 0 Å². The van der Waals surface area contributed by atoms with Crippen molar-refractivity contribution in [3.8, 4) is 0 Å². The Hall–Kier alpha value is -0.660. The molecule has 0 aromatic rings. The molecule has 0 heterocycles. The third-order valence-electron chi connectivity index (χ3n) is 2.76. The number of carbonyl (C=O) groups excluding carboxylic acids is 2. The van der Waals surface area contributed by atoms with E-state index in [1.54, 1.807) is 0 Å². The molecule has 1 aliphatic rings. The van der Waals surface area contributed by atoms with Gasteiger partial charge in [-0.25, -0.2) is 0 Å². The second-order valence-corrected chi connectivity index (χ2v) is 3.50. The molecule has 0 N–H and O–H groups in total. The van der Waals surface area contributed by atoms with Crippen LogP contribution in [0.5, 0.6) is 0 Å². The van der Waals surface area contributed by atoms with E-state index in [4.69, 9.17) is 0 Å². The molecular weight excluding hydrogens is 152 g/mol. The van der Waals surface area contributed by atoms with Gasteiger partial charge in [-0.15, -0.1) is 0 Å². The lowest BCUT2D eigenvalue weighted by Crippen LogP contribution is -2.20. The topological polar surface area (TPSA) is 34.1 Å². The van der Waals surface area contributed by atoms with Crippen LogP contribution in [0.25, 0.3) is 0 Å². The molecule has 1 aliphatic carbocycles. The first-order valence-corrected chi connectivity index (χ1v) is 4.58. The van der Waals surface area contributed by atoms with Crippen LogP contribution in [0.4, 0.5) is 0 Å². The molecule has 0 bridgehead atoms. The number of hydrogen-bond acceptors (Lipinski definition) is 2. The standard InChI is InChI=1S/C10H14O2/c11-7-5-9-3-1-2-4-10(9)6-8-12/h9-10H,1-6H2. The average molecular weight is 166 g/mol. The van der Waals surface area contributed by atoms with Crippen molar-refractivity contribution in [2.75, 3.05) is 0 Å². The molecule has 0 aliphatic heterocycles. The molecule has 1 fully saturated rings. The van der Waals surface area contributed by atoms with Crippen molar-refractivity contribution in [2.24, 2.45) is 11.8 Å². The second kappa shape index (κ2) is 5.07. The van der Waals surface area contributed by atoms with Crippen molar-refractivity contribution in [2.45, 2.75) is 38.5 Å². The van der Waals surface area contributed by atoms with Gasteiger partial charge in [-0.2, -0.15) is 0 Å². The molecule has 2 nitrogen and oxygen atoms in total. The number of rotatable bonds is 4. The van der Waals surface area contributed by atoms with Gasteiger partial charge in [0.15, 0.2) is 12.6 Å². The Balaban J connectivity index is 2.41. The van der Waals surface area contributed by atoms with Gasteiger partial charge >= 0.3 is 0 Å². The Morgan fingerprint density at radius 3 is 1.67 bits per heavy atom. The maximum absolute atomic E-state index is 10.2. The summed E-state index contributed by atoms with van der Waals surface area (Å²) in [5, 5.41) is 0. The molecule has 2 heteroatoms. The predicted molar refractivity (Wildman–Crippen MR) is 46.1 cm³/mol. The van der Waals surface area contributed by atoms with Crippen LogP contribution in [0.3, 0.4) is 0 Å². The lowest BCUT2D eigenvalue weighted by atomic mass is 9.76. The van der Waals surface area contributed by atoms with Crippen molar-refractivity contribution in [1.29, 1.82) is 0 Å². The van der Waals surface area contributed by atoms with E-state index in [9.17, 15) is 9.59 Å². The van der Waals surface area contributed by atoms with Crippen molar-refractivity contribution in [3.63, 3.8) is 0 Å². The summed E-state index contributed by atoms with van der Waals surface area (Å²) in [4.78, 5) is 20.4. The summed E-state index contributed by atoms with van der Waals surface area (Å²) >= 11 is 0. The van der Waals surface area contributed by atoms with Gasteiger partial charge in [0.2, 0.25) is 0 Å². The first-order chi connectivity index (χ1) is 5.88. The van der Waals surface area contributed by atoms with E-state index in [0.29, 0.717) is 24.7 Å². The van der Waals surface area contributed by atoms with E-state index in [2.05, 4.69) is 0 Å². The van der Waals surface area contributed by atoms with Crippen LogP contribution in [0.2, 0.25) is 0 Å². The van der Waals surface area contributed by atoms with Crippen LogP contribution < -0.4 is 0 Å². The smallest absolute Gasteiger partial charge is 0.198 e. The van der Waals surface area contributed by atoms with E-state index < -0.39 is 0 Å². The van der Waals surface area contributed by atoms with Gasteiger partial charge in [-0.3, -0.25) is 9.59 Å². The third kappa shape index (κ3) is 2.43. The Kier molecular flexibility index (Phi) is 3.98. The van der Waals surface area contributed by atoms with Crippen LogP contribution in [-0.2, 0) is 9.59 Å². The van der Waals surface area contributed by atoms with Gasteiger partial charge in [-0.05, 0) is 24.7 Å². The summed E-state index contributed by atoms with van der Waals surface area (Å²) in [5.41, 5.74) is 0. The van der Waals surface area contributed by atoms with Crippen LogP contribution in [-0.4, -0.2) is 12.6 Å². The summed E-state index contributed by atoms with van der Waals surface area (Å²) in [7, 11) is 0. The van der Waals surface area contributed by atoms with E-state index >= 15 is 0 Å². The SMILES string of the molecule is O=[C]CC1CCCCC1C[C]=O. The van der Waals surface area contributed by atoms with Crippen molar-refractivity contribution >= 4 is 12.6 Å². The first-order valence-electron chi connectivity index (χ1n) is 4.58. The Morgan fingerprint density at radius 2 is 1.33 bits per heavy atom. The molecule has 2 radical (unpaired) electrons. The highest BCUT2D eigenvalue weighted by molar-refractivity contribution is 5.53. The molecule has 66 valence electrons. The van der Waals surface area contributed by atoms with Gasteiger partial charge in [0.25, 0.3) is 0 Å². The molecular formula is C10H14O2. The largest absolute Gasteiger partial charge is 0.291 e. The maximum Gasteiger partial charge on any atom is 0.198 e. The van der Waals surface area contributed by atoms with Crippen molar-refractivity contribution in [3.05, 3.63) is 0 Å². The summed E-state index contributed by atoms with van der Waals surface area (Å²) in [6.45, 7) is 0. The van der Waals surface area contributed by atoms with Crippen molar-refractivity contribution < 1.29 is 9.59 Å². The molecule has 0 saturated heterocycles. The maximum atomic E-state index is 10.2. The molecule has 12 heavy (non-hydrogen) atoms. The van der Waals surface area contributed by atoms with E-state index in [1.165, 1.54) is 12.8 Å². The minimum atomic E-state index is 0.401. The summed E-state index contributed by atoms with van der Waals surface area (Å²) in [5.74, 6) is 0.801. The van der Waals surface area contributed by atoms with Crippen molar-refractivity contribution in [1.82, 2.24) is 0 Å². The molecule has 2 atom stereocenters. The first kappa shape index (κ1) is 9.43. The van der Waals surface area contributed by atoms with Crippen LogP contribution in [0, 0.1) is 11.8 Å². The highest BCUT2D eigenvalue weighted by Crippen LogP contribution is 2.33. The highest BCUT2D eigenvalue weighted by atomic mass is 16.1. The zero-order chi connectivity index (χ0) is 8.81. The molecule has 0 spiro atoms. The van der Waals surface area contributed by atoms with E-state index in [-0.39, 0.29) is 0 Å². The molecule has 1 rings (SSSR count). The zero-order valence-electron chi connectivity index (χ0n) is 7.21. The summed E-state index contributed by atoms with van der Waals surface area (Å²) < 4.78 is 0. The van der Waals surface area contributed by atoms with Crippen LogP contribution in [0.1, 0.15) is 38.5 Å². The second-order valence-electron chi connectivity index (χ2n) is 3.50. The van der Waals surface area contributed by atoms with E-state index in [0.717, 1.165) is 12.8 Å². The van der Waals surface area contributed by atoms with Gasteiger partial charge in [-0.1, -0.05) is 12.8 Å². The van der Waals surface area contributed by atoms with E-state index in [1.807, 2.05) is 12.6 Å². The lowest BCUT2D eigenvalue weighted by molar-refractivity contribution is 0.246. The monoisotopic (exact) mass is 166 g/mol. The van der Waals surface area contributed by atoms with Gasteiger partial charge < -0.3 is 0 Å². The molecule has 0 aromatic carbocycles. The third-order valence-corrected chi connectivity index (χ3v) is 2.76. The zero-order valence-corrected chi connectivity index (χ0v) is 7.21. The normalized spacial score (nSPS) is 29.7. The van der Waals surface area contributed by atoms with Crippen LogP contribution >= 0.6 is 0 Å². The molecule has 2 unspecified atom stereocenters. The highest BCUT2D eigenvalue weighted by Gasteiger charge is 2.24. The fourth-order valence-corrected chi connectivity index (χ4v) is 2.04. The summed E-state index contributed by atoms with van der Waals surface area (Å²) in [6.07, 6.45) is 9.47. The lowest BCUT2D eigenvalue weighted by Gasteiger charge is -2.28. The Bertz CT molecular complexity index is 136. The number of hydrogen-bond donors (Lipinski definition) is 0. The quantitative estimate of drug-likeness (QED) is 0.638. The van der Waals surface area contributed by atoms with Gasteiger partial charge in [0.1, 0.15) is 0 Å². The molecule has 0 amide bonds. The van der Waals surface area contributed by atoms with Gasteiger partial charge in [0, 0.05) is 12.8 Å². The summed E-state index contributed by atoms with van der Waals surface area (Å²) in [6, 6.07) is 0. The van der Waals surface area contributed by atoms with Gasteiger partial charge in [0.05, 0.1) is 0 Å². The Morgan fingerprint density at radius 1 is 0.917 bits per heavy atom. The average Bonchev–Trinajstić information content (AvgIpc) is 2.09. The predicted octanol–water partition coefficient (Wildman–Crippen LogP) is 1.79. The fourth-order valence-electron chi connectivity index (χ4n) is 2.04. The minimum absolute atomic E-state index is 0.401. The minimum Gasteiger partial charge on any atom is -0.291 e. The fraction of sp³-hybridized carbons (Fsp3) is 0.800. The molecule has 1 saturated carbocycles. The Labute approximate surface area is 73.3 Å².